The summed E-state index contributed by atoms with van der Waals surface area (Å²) in [7, 11) is 0. The van der Waals surface area contributed by atoms with E-state index >= 15 is 0 Å². The van der Waals surface area contributed by atoms with Crippen LogP contribution in [0.4, 0.5) is 0 Å². The Kier molecular flexibility index (Phi) is 5.43. The molecule has 0 aliphatic carbocycles. The van der Waals surface area contributed by atoms with Gasteiger partial charge in [-0.1, -0.05) is 97.1 Å². The molecule has 0 fully saturated rings. The van der Waals surface area contributed by atoms with Gasteiger partial charge in [0.15, 0.2) is 0 Å². The standard InChI is InChI=1S/C39H25N5/c1-4-13-26(14-5-1)28-23-31(27-15-6-2-7-16-27)41-36(24-28)44-32-20-11-10-19-30(32)37-34(44)25-35-39(42-37)38-33(21-12-22-40-38)43(35)29-17-8-3-9-18-29/h1-25H. The van der Waals surface area contributed by atoms with Gasteiger partial charge in [0.25, 0.3) is 0 Å². The first kappa shape index (κ1) is 24.5. The van der Waals surface area contributed by atoms with Crippen molar-refractivity contribution in [3.8, 4) is 33.9 Å². The van der Waals surface area contributed by atoms with Gasteiger partial charge >= 0.3 is 0 Å². The molecule has 5 heteroatoms. The summed E-state index contributed by atoms with van der Waals surface area (Å²) in [5.41, 5.74) is 12.1. The van der Waals surface area contributed by atoms with Crippen molar-refractivity contribution in [3.63, 3.8) is 0 Å². The summed E-state index contributed by atoms with van der Waals surface area (Å²) in [6.45, 7) is 0. The third kappa shape index (κ3) is 3.76. The monoisotopic (exact) mass is 563 g/mol. The molecule has 0 amide bonds. The molecule has 5 nitrogen and oxygen atoms in total. The van der Waals surface area contributed by atoms with Crippen LogP contribution in [0.15, 0.2) is 152 Å². The topological polar surface area (TPSA) is 48.5 Å². The summed E-state index contributed by atoms with van der Waals surface area (Å²) in [5.74, 6) is 0.845. The Morgan fingerprint density at radius 3 is 1.86 bits per heavy atom. The van der Waals surface area contributed by atoms with Crippen LogP contribution in [-0.2, 0) is 0 Å². The highest BCUT2D eigenvalue weighted by Crippen LogP contribution is 2.38. The highest BCUT2D eigenvalue weighted by molar-refractivity contribution is 6.14. The zero-order chi connectivity index (χ0) is 29.0. The van der Waals surface area contributed by atoms with Crippen molar-refractivity contribution in [2.45, 2.75) is 0 Å². The van der Waals surface area contributed by atoms with E-state index in [-0.39, 0.29) is 0 Å². The zero-order valence-corrected chi connectivity index (χ0v) is 23.7. The number of aromatic nitrogens is 5. The van der Waals surface area contributed by atoms with Crippen molar-refractivity contribution < 1.29 is 0 Å². The molecule has 0 atom stereocenters. The van der Waals surface area contributed by atoms with Crippen molar-refractivity contribution in [3.05, 3.63) is 152 Å². The second-order valence-corrected chi connectivity index (χ2v) is 10.9. The highest BCUT2D eigenvalue weighted by Gasteiger charge is 2.21. The minimum Gasteiger partial charge on any atom is -0.306 e. The Labute approximate surface area is 253 Å². The van der Waals surface area contributed by atoms with E-state index in [1.165, 1.54) is 0 Å². The van der Waals surface area contributed by atoms with Crippen LogP contribution >= 0.6 is 0 Å². The molecule has 0 N–H and O–H groups in total. The SMILES string of the molecule is c1ccc(-c2cc(-c3ccccc3)nc(-n3c4ccccc4c4nc5c6ncccc6n(-c6ccccc6)c5cc43)c2)cc1. The van der Waals surface area contributed by atoms with Crippen LogP contribution < -0.4 is 0 Å². The maximum atomic E-state index is 5.36. The number of nitrogens with zero attached hydrogens (tertiary/aromatic N) is 5. The first-order valence-electron chi connectivity index (χ1n) is 14.7. The second-order valence-electron chi connectivity index (χ2n) is 10.9. The molecule has 5 heterocycles. The lowest BCUT2D eigenvalue weighted by Gasteiger charge is -2.13. The normalized spacial score (nSPS) is 11.6. The van der Waals surface area contributed by atoms with Gasteiger partial charge in [0.05, 0.1) is 33.3 Å². The average molecular weight is 564 g/mol. The Bertz CT molecular complexity index is 2420. The van der Waals surface area contributed by atoms with E-state index in [2.05, 4.69) is 130 Å². The van der Waals surface area contributed by atoms with Crippen LogP contribution in [0, 0.1) is 0 Å². The van der Waals surface area contributed by atoms with Crippen molar-refractivity contribution in [1.82, 2.24) is 24.1 Å². The van der Waals surface area contributed by atoms with Gasteiger partial charge in [0.1, 0.15) is 16.9 Å². The van der Waals surface area contributed by atoms with E-state index in [1.54, 1.807) is 0 Å². The predicted molar refractivity (Wildman–Crippen MR) is 179 cm³/mol. The molecule has 0 spiro atoms. The van der Waals surface area contributed by atoms with Crippen molar-refractivity contribution in [2.75, 3.05) is 0 Å². The van der Waals surface area contributed by atoms with E-state index in [9.17, 15) is 0 Å². The summed E-state index contributed by atoms with van der Waals surface area (Å²) in [4.78, 5) is 15.4. The van der Waals surface area contributed by atoms with Crippen LogP contribution in [0.2, 0.25) is 0 Å². The van der Waals surface area contributed by atoms with Gasteiger partial charge in [-0.05, 0) is 59.7 Å². The molecule has 0 saturated carbocycles. The van der Waals surface area contributed by atoms with Crippen molar-refractivity contribution >= 4 is 44.0 Å². The van der Waals surface area contributed by atoms with Gasteiger partial charge in [-0.15, -0.1) is 0 Å². The number of hydrogen-bond acceptors (Lipinski definition) is 3. The molecule has 44 heavy (non-hydrogen) atoms. The fraction of sp³-hybridized carbons (Fsp3) is 0. The molecule has 5 aromatic heterocycles. The summed E-state index contributed by atoms with van der Waals surface area (Å²) in [6, 6.07) is 50.5. The van der Waals surface area contributed by atoms with Crippen LogP contribution in [0.3, 0.4) is 0 Å². The lowest BCUT2D eigenvalue weighted by atomic mass is 10.0. The van der Waals surface area contributed by atoms with E-state index in [4.69, 9.17) is 15.0 Å². The number of para-hydroxylation sites is 2. The Balaban J connectivity index is 1.41. The fourth-order valence-corrected chi connectivity index (χ4v) is 6.38. The maximum absolute atomic E-state index is 5.36. The third-order valence-electron chi connectivity index (χ3n) is 8.35. The lowest BCUT2D eigenvalue weighted by Crippen LogP contribution is -2.00. The number of fused-ring (bicyclic) bond motifs is 6. The molecule has 0 radical (unpaired) electrons. The van der Waals surface area contributed by atoms with Gasteiger partial charge < -0.3 is 4.57 Å². The summed E-state index contributed by atoms with van der Waals surface area (Å²) in [6.07, 6.45) is 1.84. The van der Waals surface area contributed by atoms with Gasteiger partial charge in [-0.25, -0.2) is 9.97 Å². The molecule has 206 valence electrons. The molecule has 9 rings (SSSR count). The highest BCUT2D eigenvalue weighted by atomic mass is 15.1. The summed E-state index contributed by atoms with van der Waals surface area (Å²) >= 11 is 0. The van der Waals surface area contributed by atoms with E-state index < -0.39 is 0 Å². The van der Waals surface area contributed by atoms with Gasteiger partial charge in [0.2, 0.25) is 0 Å². The average Bonchev–Trinajstić information content (AvgIpc) is 3.60. The minimum atomic E-state index is 0.845. The number of hydrogen-bond donors (Lipinski definition) is 0. The largest absolute Gasteiger partial charge is 0.306 e. The second kappa shape index (κ2) is 9.75. The molecule has 0 saturated heterocycles. The summed E-state index contributed by atoms with van der Waals surface area (Å²) < 4.78 is 4.52. The molecule has 0 aliphatic heterocycles. The van der Waals surface area contributed by atoms with Gasteiger partial charge in [0, 0.05) is 22.8 Å². The van der Waals surface area contributed by atoms with E-state index in [0.717, 1.165) is 77.9 Å². The molecule has 0 bridgehead atoms. The van der Waals surface area contributed by atoms with Crippen LogP contribution in [-0.4, -0.2) is 24.1 Å². The number of benzene rings is 4. The summed E-state index contributed by atoms with van der Waals surface area (Å²) in [5, 5.41) is 1.08. The van der Waals surface area contributed by atoms with Crippen LogP contribution in [0.25, 0.3) is 77.9 Å². The van der Waals surface area contributed by atoms with E-state index in [1.807, 2.05) is 30.5 Å². The van der Waals surface area contributed by atoms with Crippen molar-refractivity contribution in [2.24, 2.45) is 0 Å². The maximum Gasteiger partial charge on any atom is 0.138 e. The minimum absolute atomic E-state index is 0.845. The Morgan fingerprint density at radius 1 is 0.409 bits per heavy atom. The van der Waals surface area contributed by atoms with Crippen LogP contribution in [0.1, 0.15) is 0 Å². The zero-order valence-electron chi connectivity index (χ0n) is 23.7. The quantitative estimate of drug-likeness (QED) is 0.214. The first-order valence-corrected chi connectivity index (χ1v) is 14.7. The number of pyridine rings is 3. The van der Waals surface area contributed by atoms with Gasteiger partial charge in [-0.3, -0.25) is 9.55 Å². The van der Waals surface area contributed by atoms with Crippen molar-refractivity contribution in [1.29, 1.82) is 0 Å². The smallest absolute Gasteiger partial charge is 0.138 e. The number of rotatable bonds is 4. The molecule has 0 aliphatic rings. The molecular weight excluding hydrogens is 538 g/mol. The van der Waals surface area contributed by atoms with Crippen LogP contribution in [0.5, 0.6) is 0 Å². The third-order valence-corrected chi connectivity index (χ3v) is 8.35. The first-order chi connectivity index (χ1) is 21.8. The molecule has 0 unspecified atom stereocenters. The molecular formula is C39H25N5. The van der Waals surface area contributed by atoms with E-state index in [0.29, 0.717) is 0 Å². The lowest BCUT2D eigenvalue weighted by molar-refractivity contribution is 1.08. The van der Waals surface area contributed by atoms with Gasteiger partial charge in [-0.2, -0.15) is 0 Å². The Morgan fingerprint density at radius 2 is 1.07 bits per heavy atom. The fourth-order valence-electron chi connectivity index (χ4n) is 6.38. The predicted octanol–water partition coefficient (Wildman–Crippen LogP) is 9.40. The molecule has 9 aromatic rings. The Hall–Kier alpha value is -6.07. The molecule has 4 aromatic carbocycles.